The molecular weight excluding hydrogens is 350 g/mol. The molecule has 1 atom stereocenters. The molecule has 0 bridgehead atoms. The standard InChI is InChI=1S/C19H27N3O3S/c1-15-4-5-17(10-16(15)2)11-25-18-6-8-22(9-7-18)26(23,24)13-19(3)12-20-14-21-19/h4-5,10,12,14,18H,6-9,11,13H2,1-3H3/t19-/m0/s1. The Hall–Kier alpha value is -1.57. The predicted octanol–water partition coefficient (Wildman–Crippen LogP) is 2.49. The van der Waals surface area contributed by atoms with Crippen LogP contribution in [-0.4, -0.2) is 55.8 Å². The average Bonchev–Trinajstić information content (AvgIpc) is 3.01. The van der Waals surface area contributed by atoms with Crippen molar-refractivity contribution in [2.45, 2.75) is 51.9 Å². The molecule has 1 fully saturated rings. The molecule has 0 aliphatic carbocycles. The molecule has 7 heteroatoms. The molecule has 26 heavy (non-hydrogen) atoms. The fourth-order valence-corrected chi connectivity index (χ4v) is 5.15. The zero-order valence-corrected chi connectivity index (χ0v) is 16.5. The van der Waals surface area contributed by atoms with Gasteiger partial charge in [0.05, 0.1) is 18.5 Å². The van der Waals surface area contributed by atoms with E-state index in [0.717, 1.165) is 18.4 Å². The van der Waals surface area contributed by atoms with Gasteiger partial charge in [-0.25, -0.2) is 17.7 Å². The first-order chi connectivity index (χ1) is 12.3. The number of nitrogens with zero attached hydrogens (tertiary/aromatic N) is 3. The van der Waals surface area contributed by atoms with Crippen LogP contribution in [0.4, 0.5) is 0 Å². The van der Waals surface area contributed by atoms with Crippen LogP contribution in [0.1, 0.15) is 36.5 Å². The van der Waals surface area contributed by atoms with E-state index < -0.39 is 15.6 Å². The van der Waals surface area contributed by atoms with Crippen LogP contribution < -0.4 is 0 Å². The van der Waals surface area contributed by atoms with Gasteiger partial charge in [0, 0.05) is 19.3 Å². The van der Waals surface area contributed by atoms with E-state index in [0.29, 0.717) is 19.7 Å². The highest BCUT2D eigenvalue weighted by Crippen LogP contribution is 2.22. The van der Waals surface area contributed by atoms with Crippen molar-refractivity contribution in [1.29, 1.82) is 0 Å². The zero-order valence-electron chi connectivity index (χ0n) is 15.7. The van der Waals surface area contributed by atoms with Crippen LogP contribution in [-0.2, 0) is 21.4 Å². The highest BCUT2D eigenvalue weighted by molar-refractivity contribution is 7.89. The molecule has 0 radical (unpaired) electrons. The van der Waals surface area contributed by atoms with E-state index in [4.69, 9.17) is 4.74 Å². The monoisotopic (exact) mass is 377 g/mol. The Morgan fingerprint density at radius 1 is 1.23 bits per heavy atom. The molecule has 1 aromatic carbocycles. The van der Waals surface area contributed by atoms with E-state index in [1.807, 2.05) is 0 Å². The Bertz CT molecular complexity index is 797. The molecule has 1 saturated heterocycles. The smallest absolute Gasteiger partial charge is 0.216 e. The van der Waals surface area contributed by atoms with Crippen LogP contribution in [0.25, 0.3) is 0 Å². The number of hydrogen-bond acceptors (Lipinski definition) is 5. The fraction of sp³-hybridized carbons (Fsp3) is 0.579. The molecule has 0 saturated carbocycles. The summed E-state index contributed by atoms with van der Waals surface area (Å²) in [4.78, 5) is 8.08. The van der Waals surface area contributed by atoms with Gasteiger partial charge in [0.25, 0.3) is 0 Å². The first kappa shape index (κ1) is 19.2. The second-order valence-electron chi connectivity index (χ2n) is 7.46. The summed E-state index contributed by atoms with van der Waals surface area (Å²) in [6, 6.07) is 6.35. The lowest BCUT2D eigenvalue weighted by Gasteiger charge is -2.32. The predicted molar refractivity (Wildman–Crippen MR) is 104 cm³/mol. The quantitative estimate of drug-likeness (QED) is 0.765. The summed E-state index contributed by atoms with van der Waals surface area (Å²) in [6.45, 7) is 7.55. The third-order valence-electron chi connectivity index (χ3n) is 5.10. The van der Waals surface area contributed by atoms with Crippen molar-refractivity contribution in [2.75, 3.05) is 18.8 Å². The topological polar surface area (TPSA) is 71.3 Å². The van der Waals surface area contributed by atoms with Gasteiger partial charge in [-0.3, -0.25) is 4.99 Å². The minimum absolute atomic E-state index is 0.0336. The summed E-state index contributed by atoms with van der Waals surface area (Å²) in [5.41, 5.74) is 2.96. The van der Waals surface area contributed by atoms with E-state index in [9.17, 15) is 8.42 Å². The highest BCUT2D eigenvalue weighted by atomic mass is 32.2. The molecule has 0 unspecified atom stereocenters. The molecular formula is C19H27N3O3S. The summed E-state index contributed by atoms with van der Waals surface area (Å²) >= 11 is 0. The summed E-state index contributed by atoms with van der Waals surface area (Å²) in [5, 5.41) is 0. The molecule has 1 aromatic rings. The third-order valence-corrected chi connectivity index (χ3v) is 7.20. The molecule has 0 spiro atoms. The van der Waals surface area contributed by atoms with E-state index in [1.165, 1.54) is 17.5 Å². The SMILES string of the molecule is Cc1ccc(COC2CCN(S(=O)(=O)C[C@]3(C)C=NC=N3)CC2)cc1C. The number of piperidine rings is 1. The number of aryl methyl sites for hydroxylation is 2. The van der Waals surface area contributed by atoms with Crippen LogP contribution in [0, 0.1) is 13.8 Å². The maximum absolute atomic E-state index is 12.7. The summed E-state index contributed by atoms with van der Waals surface area (Å²) in [7, 11) is -3.35. The van der Waals surface area contributed by atoms with Gasteiger partial charge in [0.15, 0.2) is 0 Å². The van der Waals surface area contributed by atoms with Crippen molar-refractivity contribution >= 4 is 22.6 Å². The van der Waals surface area contributed by atoms with Crippen molar-refractivity contribution < 1.29 is 13.2 Å². The first-order valence-electron chi connectivity index (χ1n) is 9.01. The number of hydrogen-bond donors (Lipinski definition) is 0. The molecule has 0 N–H and O–H groups in total. The van der Waals surface area contributed by atoms with Gasteiger partial charge in [-0.05, 0) is 50.3 Å². The number of aliphatic imine (C=N–C) groups is 2. The van der Waals surface area contributed by atoms with Gasteiger partial charge in [0.2, 0.25) is 10.0 Å². The van der Waals surface area contributed by atoms with Crippen molar-refractivity contribution in [3.05, 3.63) is 34.9 Å². The lowest BCUT2D eigenvalue weighted by atomic mass is 10.1. The van der Waals surface area contributed by atoms with Crippen LogP contribution in [0.2, 0.25) is 0 Å². The minimum Gasteiger partial charge on any atom is -0.373 e. The molecule has 6 nitrogen and oxygen atoms in total. The van der Waals surface area contributed by atoms with Crippen LogP contribution in [0.5, 0.6) is 0 Å². The van der Waals surface area contributed by atoms with Gasteiger partial charge in [0.1, 0.15) is 11.9 Å². The Morgan fingerprint density at radius 2 is 1.96 bits per heavy atom. The molecule has 0 aromatic heterocycles. The maximum Gasteiger partial charge on any atom is 0.216 e. The second-order valence-corrected chi connectivity index (χ2v) is 9.43. The van der Waals surface area contributed by atoms with Crippen molar-refractivity contribution in [2.24, 2.45) is 9.98 Å². The lowest BCUT2D eigenvalue weighted by molar-refractivity contribution is 0.0102. The molecule has 3 rings (SSSR count). The Labute approximate surface area is 156 Å². The number of sulfonamides is 1. The van der Waals surface area contributed by atoms with Crippen LogP contribution in [0.15, 0.2) is 28.2 Å². The van der Waals surface area contributed by atoms with Crippen molar-refractivity contribution in [3.8, 4) is 0 Å². The van der Waals surface area contributed by atoms with Gasteiger partial charge in [-0.2, -0.15) is 0 Å². The van der Waals surface area contributed by atoms with E-state index >= 15 is 0 Å². The van der Waals surface area contributed by atoms with Gasteiger partial charge < -0.3 is 4.74 Å². The normalized spacial score (nSPS) is 24.4. The molecule has 0 amide bonds. The van der Waals surface area contributed by atoms with Crippen molar-refractivity contribution in [3.63, 3.8) is 0 Å². The zero-order chi connectivity index (χ0) is 18.8. The Balaban J connectivity index is 1.50. The summed E-state index contributed by atoms with van der Waals surface area (Å²) < 4.78 is 32.9. The first-order valence-corrected chi connectivity index (χ1v) is 10.6. The highest BCUT2D eigenvalue weighted by Gasteiger charge is 2.35. The van der Waals surface area contributed by atoms with E-state index in [2.05, 4.69) is 42.0 Å². The largest absolute Gasteiger partial charge is 0.373 e. The molecule has 142 valence electrons. The summed E-state index contributed by atoms with van der Waals surface area (Å²) in [6.07, 6.45) is 4.56. The van der Waals surface area contributed by atoms with Gasteiger partial charge >= 0.3 is 0 Å². The third kappa shape index (κ3) is 4.58. The number of ether oxygens (including phenoxy) is 1. The Kier molecular flexibility index (Phi) is 5.60. The van der Waals surface area contributed by atoms with Crippen LogP contribution in [0.3, 0.4) is 0 Å². The molecule has 2 aliphatic heterocycles. The maximum atomic E-state index is 12.7. The van der Waals surface area contributed by atoms with Crippen molar-refractivity contribution in [1.82, 2.24) is 4.31 Å². The number of benzene rings is 1. The van der Waals surface area contributed by atoms with Gasteiger partial charge in [-0.1, -0.05) is 18.2 Å². The molecule has 2 aliphatic rings. The van der Waals surface area contributed by atoms with Gasteiger partial charge in [-0.15, -0.1) is 0 Å². The second kappa shape index (κ2) is 7.58. The van der Waals surface area contributed by atoms with E-state index in [-0.39, 0.29) is 11.9 Å². The molecule has 2 heterocycles. The fourth-order valence-electron chi connectivity index (χ4n) is 3.31. The average molecular weight is 378 g/mol. The van der Waals surface area contributed by atoms with Crippen LogP contribution >= 0.6 is 0 Å². The number of rotatable bonds is 6. The lowest BCUT2D eigenvalue weighted by Crippen LogP contribution is -2.46. The minimum atomic E-state index is -3.35. The Morgan fingerprint density at radius 3 is 2.58 bits per heavy atom. The summed E-state index contributed by atoms with van der Waals surface area (Å²) in [5.74, 6) is -0.0336. The van der Waals surface area contributed by atoms with E-state index in [1.54, 1.807) is 17.4 Å².